The van der Waals surface area contributed by atoms with Gasteiger partial charge in [0.1, 0.15) is 41.9 Å². The Balaban J connectivity index is 2.19. The van der Waals surface area contributed by atoms with E-state index < -0.39 is 115 Å². The minimum absolute atomic E-state index is 0.0572. The monoisotopic (exact) mass is 1030 g/mol. The number of primary amides is 1. The zero-order chi connectivity index (χ0) is 54.5. The average Bonchev–Trinajstić information content (AvgIpc) is 4.08. The fourth-order valence-electron chi connectivity index (χ4n) is 7.53. The first-order chi connectivity index (χ1) is 34.8. The number of imidazole rings is 1. The van der Waals surface area contributed by atoms with Crippen LogP contribution in [0.25, 0.3) is 0 Å². The van der Waals surface area contributed by atoms with Crippen molar-refractivity contribution in [2.75, 3.05) is 45.8 Å². The van der Waals surface area contributed by atoms with Crippen molar-refractivity contribution in [2.45, 2.75) is 139 Å². The van der Waals surface area contributed by atoms with Gasteiger partial charge in [-0.05, 0) is 90.8 Å². The molecule has 2 heterocycles. The van der Waals surface area contributed by atoms with E-state index in [1.807, 2.05) is 0 Å². The van der Waals surface area contributed by atoms with Crippen molar-refractivity contribution in [3.63, 3.8) is 0 Å². The molecule has 1 fully saturated rings. The molecular weight excluding hydrogens is 955 g/mol. The largest absolute Gasteiger partial charge is 0.389 e. The first-order valence-electron chi connectivity index (χ1n) is 24.4. The first kappa shape index (κ1) is 62.3. The van der Waals surface area contributed by atoms with Crippen LogP contribution in [0.4, 0.5) is 0 Å². The number of rotatable bonds is 35. The molecule has 0 aliphatic carbocycles. The molecule has 0 aromatic carbocycles. The first-order valence-corrected chi connectivity index (χ1v) is 24.4. The molecule has 29 nitrogen and oxygen atoms in total. The summed E-state index contributed by atoms with van der Waals surface area (Å²) < 4.78 is 0. The van der Waals surface area contributed by atoms with Gasteiger partial charge >= 0.3 is 0 Å². The highest BCUT2D eigenvalue weighted by Crippen LogP contribution is 2.20. The lowest BCUT2D eigenvalue weighted by Crippen LogP contribution is -2.60. The summed E-state index contributed by atoms with van der Waals surface area (Å²) in [7, 11) is 0. The average molecular weight is 1030 g/mol. The van der Waals surface area contributed by atoms with Gasteiger partial charge in [0, 0.05) is 37.9 Å². The molecule has 25 N–H and O–H groups in total. The van der Waals surface area contributed by atoms with Crippen molar-refractivity contribution in [3.05, 3.63) is 30.0 Å². The number of carbonyl (C=O) groups excluding carboxylic acids is 9. The Morgan fingerprint density at radius 2 is 1.47 bits per heavy atom. The molecule has 1 aromatic heterocycles. The van der Waals surface area contributed by atoms with Crippen molar-refractivity contribution in [1.82, 2.24) is 52.1 Å². The highest BCUT2D eigenvalue weighted by Gasteiger charge is 2.39. The zero-order valence-corrected chi connectivity index (χ0v) is 41.6. The molecule has 1 saturated heterocycles. The molecule has 410 valence electrons. The van der Waals surface area contributed by atoms with E-state index in [4.69, 9.17) is 45.9 Å². The van der Waals surface area contributed by atoms with Crippen molar-refractivity contribution in [2.24, 2.45) is 50.9 Å². The van der Waals surface area contributed by atoms with Gasteiger partial charge in [-0.2, -0.15) is 0 Å². The number of aliphatic hydroxyl groups excluding tert-OH is 1. The number of hydrogen-bond donors (Lipinski definition) is 17. The van der Waals surface area contributed by atoms with E-state index in [2.05, 4.69) is 52.2 Å². The van der Waals surface area contributed by atoms with Crippen LogP contribution in [0.3, 0.4) is 0 Å². The van der Waals surface area contributed by atoms with E-state index in [1.165, 1.54) is 30.4 Å². The van der Waals surface area contributed by atoms with E-state index in [0.717, 1.165) is 12.8 Å². The van der Waals surface area contributed by atoms with Gasteiger partial charge in [0.2, 0.25) is 47.3 Å². The second kappa shape index (κ2) is 33.8. The van der Waals surface area contributed by atoms with Gasteiger partial charge in [0.15, 0.2) is 5.96 Å². The molecule has 1 aliphatic heterocycles. The topological polar surface area (TPSA) is 511 Å². The Morgan fingerprint density at radius 1 is 0.795 bits per heavy atom. The molecule has 9 amide bonds. The number of amides is 9. The second-order valence-corrected chi connectivity index (χ2v) is 17.5. The summed E-state index contributed by atoms with van der Waals surface area (Å²) in [4.78, 5) is 132. The molecule has 0 bridgehead atoms. The quantitative estimate of drug-likeness (QED) is 0.0130. The number of carbonyl (C=O) groups is 9. The van der Waals surface area contributed by atoms with Crippen LogP contribution in [0.1, 0.15) is 89.7 Å². The number of aliphatic imine (C=N–C) groups is 1. The van der Waals surface area contributed by atoms with E-state index in [9.17, 15) is 48.3 Å². The lowest BCUT2D eigenvalue weighted by Gasteiger charge is -2.30. The van der Waals surface area contributed by atoms with Crippen molar-refractivity contribution in [3.8, 4) is 0 Å². The smallest absolute Gasteiger partial charge is 0.264 e. The van der Waals surface area contributed by atoms with E-state index >= 15 is 0 Å². The zero-order valence-electron chi connectivity index (χ0n) is 41.6. The van der Waals surface area contributed by atoms with Crippen LogP contribution in [0.15, 0.2) is 29.3 Å². The minimum Gasteiger partial charge on any atom is -0.389 e. The minimum atomic E-state index is -1.55. The highest BCUT2D eigenvalue weighted by atomic mass is 16.3. The Kier molecular flexibility index (Phi) is 28.8. The Hall–Kier alpha value is -6.79. The summed E-state index contributed by atoms with van der Waals surface area (Å²) in [6.07, 6.45) is 6.96. The molecule has 29 heteroatoms. The molecule has 0 spiro atoms. The summed E-state index contributed by atoms with van der Waals surface area (Å²) >= 11 is 0. The lowest BCUT2D eigenvalue weighted by molar-refractivity contribution is -0.142. The van der Waals surface area contributed by atoms with Gasteiger partial charge in [-0.1, -0.05) is 18.9 Å². The number of H-pyrrole nitrogens is 1. The molecule has 0 saturated carbocycles. The third kappa shape index (κ3) is 22.7. The lowest BCUT2D eigenvalue weighted by atomic mass is 10.1. The van der Waals surface area contributed by atoms with E-state index in [0.29, 0.717) is 50.9 Å². The highest BCUT2D eigenvalue weighted by molar-refractivity contribution is 6.00. The standard InChI is InChI=1S/C44H79N19O10/c1-25(57-42(72)35(33(64)21-48)62-38(68)27(49)10-3-2-5-15-45)37(67)55-23-34(65)58-30(12-7-17-47)43(73)63-19-9-14-32(63)41(71)61-31(20-26-22-53-24-56-26)40(70)60-29(11-4-6-16-46)39(69)59-28(36(50)66)13-8-18-54-44(51)52/h13,22,24-25,27,29-33,35,64H,2-12,14-21,23,45-49H2,1H3,(H2,50,66)(H,53,56)(H,55,67)(H,57,72)(H,58,65)(H,59,69)(H,60,70)(H,61,71)(H,62,68)(H4,51,52,54)/b28-13-/t25?,27?,29-,30+,31?,32-,33?,35-/m0/s1. The van der Waals surface area contributed by atoms with Gasteiger partial charge in [0.25, 0.3) is 5.91 Å². The SMILES string of the molecule is CC(NC(=O)[C@@H](NC(=O)C(N)CCCCCN)C(O)CN)C(=O)NCC(=O)N[C@H](CCCN)C(=O)N1CCC[C@H]1C(=O)NC(Cc1cnc[nH]1)C(=O)N[C@@H](CCCCN)C(=O)N/C(=C\CCN=C(N)N)C(N)=O. The number of guanidine groups is 1. The Morgan fingerprint density at radius 3 is 2.10 bits per heavy atom. The van der Waals surface area contributed by atoms with Gasteiger partial charge in [-0.3, -0.25) is 48.1 Å². The van der Waals surface area contributed by atoms with Crippen LogP contribution in [0.5, 0.6) is 0 Å². The van der Waals surface area contributed by atoms with Crippen molar-refractivity contribution < 1.29 is 48.3 Å². The fourth-order valence-corrected chi connectivity index (χ4v) is 7.53. The summed E-state index contributed by atoms with van der Waals surface area (Å²) in [6, 6.07) is -8.66. The normalized spacial score (nSPS) is 16.3. The predicted octanol–water partition coefficient (Wildman–Crippen LogP) is -7.31. The summed E-state index contributed by atoms with van der Waals surface area (Å²) in [5, 5.41) is 28.0. The summed E-state index contributed by atoms with van der Waals surface area (Å²) in [6.45, 7) is 1.39. The number of hydrogen-bond acceptors (Lipinski definition) is 17. The number of nitrogens with zero attached hydrogens (tertiary/aromatic N) is 3. The third-order valence-corrected chi connectivity index (χ3v) is 11.6. The Bertz CT molecular complexity index is 2020. The number of likely N-dealkylation sites (tertiary alicyclic amines) is 1. The van der Waals surface area contributed by atoms with Crippen molar-refractivity contribution in [1.29, 1.82) is 0 Å². The summed E-state index contributed by atoms with van der Waals surface area (Å²) in [5.41, 5.74) is 44.9. The van der Waals surface area contributed by atoms with Crippen LogP contribution in [0.2, 0.25) is 0 Å². The molecule has 0 radical (unpaired) electrons. The fraction of sp³-hybridized carbons (Fsp3) is 0.659. The molecule has 1 aromatic rings. The van der Waals surface area contributed by atoms with Crippen LogP contribution in [-0.2, 0) is 49.6 Å². The number of aliphatic hydroxyl groups is 1. The van der Waals surface area contributed by atoms with Gasteiger partial charge in [0.05, 0.1) is 25.0 Å². The number of aromatic amines is 1. The van der Waals surface area contributed by atoms with Crippen LogP contribution < -0.4 is 83.1 Å². The number of unbranched alkanes of at least 4 members (excludes halogenated alkanes) is 3. The number of nitrogens with one attached hydrogen (secondary N) is 8. The van der Waals surface area contributed by atoms with Crippen molar-refractivity contribution >= 4 is 59.1 Å². The molecular formula is C44H79N19O10. The van der Waals surface area contributed by atoms with E-state index in [-0.39, 0.29) is 69.8 Å². The number of aromatic nitrogens is 2. The van der Waals surface area contributed by atoms with Crippen LogP contribution in [-0.4, -0.2) is 173 Å². The summed E-state index contributed by atoms with van der Waals surface area (Å²) in [5.74, 6) is -7.29. The molecule has 8 atom stereocenters. The maximum atomic E-state index is 14.2. The predicted molar refractivity (Wildman–Crippen MR) is 268 cm³/mol. The Labute approximate surface area is 424 Å². The van der Waals surface area contributed by atoms with Gasteiger partial charge in [-0.15, -0.1) is 0 Å². The van der Waals surface area contributed by atoms with Crippen LogP contribution in [0, 0.1) is 0 Å². The maximum absolute atomic E-state index is 14.2. The molecule has 73 heavy (non-hydrogen) atoms. The van der Waals surface area contributed by atoms with Gasteiger partial charge < -0.3 is 98.1 Å². The third-order valence-electron chi connectivity index (χ3n) is 11.6. The molecule has 1 aliphatic rings. The van der Waals surface area contributed by atoms with Crippen LogP contribution >= 0.6 is 0 Å². The number of nitrogens with two attached hydrogens (primary N) is 8. The van der Waals surface area contributed by atoms with Gasteiger partial charge in [-0.25, -0.2) is 4.98 Å². The van der Waals surface area contributed by atoms with E-state index in [1.54, 1.807) is 0 Å². The maximum Gasteiger partial charge on any atom is 0.264 e. The molecule has 2 rings (SSSR count). The second-order valence-electron chi connectivity index (χ2n) is 17.5. The molecule has 4 unspecified atom stereocenters.